The number of aryl methyl sites for hydroxylation is 1. The smallest absolute Gasteiger partial charge is 0.153 e. The van der Waals surface area contributed by atoms with Crippen molar-refractivity contribution in [1.29, 1.82) is 0 Å². The molecule has 0 aliphatic rings. The minimum Gasteiger partial charge on any atom is -0.350 e. The normalized spacial score (nSPS) is 12.9. The maximum Gasteiger partial charge on any atom is 0.153 e. The van der Waals surface area contributed by atoms with Gasteiger partial charge < -0.3 is 9.88 Å². The molecule has 18 heavy (non-hydrogen) atoms. The number of sulfone groups is 1. The summed E-state index contributed by atoms with van der Waals surface area (Å²) < 4.78 is 24.6. The highest BCUT2D eigenvalue weighted by molar-refractivity contribution is 7.92. The quantitative estimate of drug-likeness (QED) is 0.823. The Morgan fingerprint density at radius 1 is 1.39 bits per heavy atom. The van der Waals surface area contributed by atoms with E-state index in [1.807, 2.05) is 6.07 Å². The lowest BCUT2D eigenvalue weighted by atomic mass is 10.2. The van der Waals surface area contributed by atoms with Gasteiger partial charge in [-0.1, -0.05) is 6.92 Å². The van der Waals surface area contributed by atoms with Crippen LogP contribution in [0.25, 0.3) is 0 Å². The standard InChI is InChI=1S/C13H24N2O2S/c1-5-8-15-9-6-7-12(15)10-14-11-13(2,3)18(4,16)17/h6-7,9,14H,5,8,10-11H2,1-4H3. The van der Waals surface area contributed by atoms with Crippen LogP contribution in [0, 0.1) is 0 Å². The number of aromatic nitrogens is 1. The highest BCUT2D eigenvalue weighted by Gasteiger charge is 2.29. The molecule has 0 bridgehead atoms. The number of nitrogens with one attached hydrogen (secondary N) is 1. The summed E-state index contributed by atoms with van der Waals surface area (Å²) in [6.45, 7) is 7.80. The predicted octanol–water partition coefficient (Wildman–Crippen LogP) is 1.81. The van der Waals surface area contributed by atoms with Crippen molar-refractivity contribution in [2.75, 3.05) is 12.8 Å². The van der Waals surface area contributed by atoms with E-state index in [-0.39, 0.29) is 0 Å². The predicted molar refractivity (Wildman–Crippen MR) is 75.4 cm³/mol. The minimum atomic E-state index is -3.03. The summed E-state index contributed by atoms with van der Waals surface area (Å²) in [5.41, 5.74) is 1.20. The summed E-state index contributed by atoms with van der Waals surface area (Å²) in [4.78, 5) is 0. The molecule has 0 saturated carbocycles. The number of hydrogen-bond donors (Lipinski definition) is 1. The fourth-order valence-corrected chi connectivity index (χ4v) is 2.06. The van der Waals surface area contributed by atoms with Gasteiger partial charge in [-0.25, -0.2) is 8.42 Å². The van der Waals surface area contributed by atoms with Crippen LogP contribution >= 0.6 is 0 Å². The van der Waals surface area contributed by atoms with Crippen molar-refractivity contribution in [2.45, 2.75) is 45.0 Å². The zero-order valence-corrected chi connectivity index (χ0v) is 12.5. The van der Waals surface area contributed by atoms with Crippen molar-refractivity contribution in [1.82, 2.24) is 9.88 Å². The average Bonchev–Trinajstić information content (AvgIpc) is 2.64. The highest BCUT2D eigenvalue weighted by Crippen LogP contribution is 2.13. The summed E-state index contributed by atoms with van der Waals surface area (Å²) in [5, 5.41) is 3.23. The van der Waals surface area contributed by atoms with Crippen molar-refractivity contribution in [3.8, 4) is 0 Å². The lowest BCUT2D eigenvalue weighted by Crippen LogP contribution is -2.41. The maximum atomic E-state index is 11.6. The summed E-state index contributed by atoms with van der Waals surface area (Å²) in [7, 11) is -3.03. The zero-order chi connectivity index (χ0) is 13.8. The van der Waals surface area contributed by atoms with E-state index in [1.165, 1.54) is 11.9 Å². The van der Waals surface area contributed by atoms with Crippen LogP contribution in [0.4, 0.5) is 0 Å². The lowest BCUT2D eigenvalue weighted by molar-refractivity contribution is 0.513. The second-order valence-corrected chi connectivity index (χ2v) is 7.98. The molecule has 0 saturated heterocycles. The fraction of sp³-hybridized carbons (Fsp3) is 0.692. The molecule has 5 heteroatoms. The molecule has 1 N–H and O–H groups in total. The van der Waals surface area contributed by atoms with Gasteiger partial charge in [0.05, 0.1) is 4.75 Å². The Bertz CT molecular complexity index is 475. The largest absolute Gasteiger partial charge is 0.350 e. The van der Waals surface area contributed by atoms with Gasteiger partial charge >= 0.3 is 0 Å². The van der Waals surface area contributed by atoms with Crippen LogP contribution in [0.2, 0.25) is 0 Å². The third-order valence-corrected chi connectivity index (χ3v) is 5.40. The first-order valence-corrected chi connectivity index (χ1v) is 8.21. The van der Waals surface area contributed by atoms with Crippen LogP contribution < -0.4 is 5.32 Å². The van der Waals surface area contributed by atoms with Crippen LogP contribution in [-0.2, 0) is 22.9 Å². The van der Waals surface area contributed by atoms with Crippen molar-refractivity contribution in [3.05, 3.63) is 24.0 Å². The molecule has 4 nitrogen and oxygen atoms in total. The molecule has 0 aliphatic heterocycles. The molecule has 0 aliphatic carbocycles. The van der Waals surface area contributed by atoms with E-state index < -0.39 is 14.6 Å². The maximum absolute atomic E-state index is 11.6. The van der Waals surface area contributed by atoms with E-state index in [9.17, 15) is 8.42 Å². The summed E-state index contributed by atoms with van der Waals surface area (Å²) in [6, 6.07) is 4.09. The van der Waals surface area contributed by atoms with Crippen LogP contribution in [0.15, 0.2) is 18.3 Å². The van der Waals surface area contributed by atoms with Gasteiger partial charge in [-0.15, -0.1) is 0 Å². The van der Waals surface area contributed by atoms with Gasteiger partial charge in [0, 0.05) is 37.8 Å². The van der Waals surface area contributed by atoms with E-state index >= 15 is 0 Å². The Morgan fingerprint density at radius 3 is 2.61 bits per heavy atom. The molecular formula is C13H24N2O2S. The van der Waals surface area contributed by atoms with Gasteiger partial charge in [0.1, 0.15) is 0 Å². The molecular weight excluding hydrogens is 248 g/mol. The molecule has 104 valence electrons. The molecule has 0 spiro atoms. The Labute approximate surface area is 110 Å². The van der Waals surface area contributed by atoms with E-state index in [0.717, 1.165) is 13.0 Å². The molecule has 0 atom stereocenters. The number of hydrogen-bond acceptors (Lipinski definition) is 3. The second kappa shape index (κ2) is 5.89. The first kappa shape index (κ1) is 15.2. The molecule has 0 unspecified atom stereocenters. The SMILES string of the molecule is CCCn1cccc1CNCC(C)(C)S(C)(=O)=O. The van der Waals surface area contributed by atoms with Crippen molar-refractivity contribution in [3.63, 3.8) is 0 Å². The Kier molecular flexibility index (Phi) is 4.99. The lowest BCUT2D eigenvalue weighted by Gasteiger charge is -2.23. The molecule has 1 aromatic rings. The van der Waals surface area contributed by atoms with Crippen LogP contribution in [0.1, 0.15) is 32.9 Å². The molecule has 0 aromatic carbocycles. The molecule has 0 radical (unpaired) electrons. The Hall–Kier alpha value is -0.810. The van der Waals surface area contributed by atoms with E-state index in [0.29, 0.717) is 13.1 Å². The van der Waals surface area contributed by atoms with E-state index in [1.54, 1.807) is 13.8 Å². The van der Waals surface area contributed by atoms with Gasteiger partial charge in [-0.2, -0.15) is 0 Å². The van der Waals surface area contributed by atoms with Crippen molar-refractivity contribution >= 4 is 9.84 Å². The van der Waals surface area contributed by atoms with Crippen molar-refractivity contribution in [2.24, 2.45) is 0 Å². The first-order chi connectivity index (χ1) is 8.28. The number of rotatable bonds is 7. The highest BCUT2D eigenvalue weighted by atomic mass is 32.2. The summed E-state index contributed by atoms with van der Waals surface area (Å²) in [5.74, 6) is 0. The van der Waals surface area contributed by atoms with Gasteiger partial charge in [0.2, 0.25) is 0 Å². The monoisotopic (exact) mass is 272 g/mol. The fourth-order valence-electron chi connectivity index (χ4n) is 1.69. The van der Waals surface area contributed by atoms with Crippen molar-refractivity contribution < 1.29 is 8.42 Å². The zero-order valence-electron chi connectivity index (χ0n) is 11.7. The van der Waals surface area contributed by atoms with Gasteiger partial charge in [-0.05, 0) is 32.4 Å². The topological polar surface area (TPSA) is 51.1 Å². The average molecular weight is 272 g/mol. The van der Waals surface area contributed by atoms with Crippen LogP contribution in [0.3, 0.4) is 0 Å². The summed E-state index contributed by atoms with van der Waals surface area (Å²) in [6.07, 6.45) is 4.44. The second-order valence-electron chi connectivity index (χ2n) is 5.33. The Balaban J connectivity index is 2.54. The van der Waals surface area contributed by atoms with Crippen LogP contribution in [0.5, 0.6) is 0 Å². The molecule has 1 heterocycles. The van der Waals surface area contributed by atoms with Gasteiger partial charge in [0.15, 0.2) is 9.84 Å². The number of nitrogens with zero attached hydrogens (tertiary/aromatic N) is 1. The first-order valence-electron chi connectivity index (χ1n) is 6.32. The van der Waals surface area contributed by atoms with E-state index in [2.05, 4.69) is 29.1 Å². The third-order valence-electron chi connectivity index (χ3n) is 3.25. The minimum absolute atomic E-state index is 0.461. The van der Waals surface area contributed by atoms with Crippen LogP contribution in [-0.4, -0.2) is 30.5 Å². The molecule has 1 rings (SSSR count). The van der Waals surface area contributed by atoms with Gasteiger partial charge in [0.25, 0.3) is 0 Å². The molecule has 1 aromatic heterocycles. The van der Waals surface area contributed by atoms with Gasteiger partial charge in [-0.3, -0.25) is 0 Å². The third kappa shape index (κ3) is 3.85. The summed E-state index contributed by atoms with van der Waals surface area (Å²) >= 11 is 0. The molecule has 0 amide bonds. The Morgan fingerprint density at radius 2 is 2.06 bits per heavy atom. The molecule has 0 fully saturated rings. The van der Waals surface area contributed by atoms with E-state index in [4.69, 9.17) is 0 Å².